The highest BCUT2D eigenvalue weighted by Gasteiger charge is 1.93. The Bertz CT molecular complexity index is 384. The summed E-state index contributed by atoms with van der Waals surface area (Å²) in [6.45, 7) is 0. The van der Waals surface area contributed by atoms with Crippen molar-refractivity contribution in [3.8, 4) is 11.8 Å². The Labute approximate surface area is 81.8 Å². The van der Waals surface area contributed by atoms with Gasteiger partial charge in [-0.15, -0.1) is 0 Å². The van der Waals surface area contributed by atoms with Crippen LogP contribution in [-0.4, -0.2) is 11.3 Å². The van der Waals surface area contributed by atoms with Crippen molar-refractivity contribution in [2.45, 2.75) is 0 Å². The second-order valence-corrected chi connectivity index (χ2v) is 2.77. The van der Waals surface area contributed by atoms with Gasteiger partial charge in [0, 0.05) is 11.1 Å². The summed E-state index contributed by atoms with van der Waals surface area (Å²) in [7, 11) is 0. The molecule has 1 rings (SSSR count). The summed E-state index contributed by atoms with van der Waals surface area (Å²) in [5.41, 5.74) is 6.97. The highest BCUT2D eigenvalue weighted by molar-refractivity contribution is 7.80. The molecule has 1 aromatic rings. The van der Waals surface area contributed by atoms with Crippen LogP contribution in [0.15, 0.2) is 24.3 Å². The van der Waals surface area contributed by atoms with Crippen LogP contribution in [0.4, 0.5) is 0 Å². The predicted octanol–water partition coefficient (Wildman–Crippen LogP) is 0.871. The van der Waals surface area contributed by atoms with Gasteiger partial charge in [0.25, 0.3) is 0 Å². The van der Waals surface area contributed by atoms with Gasteiger partial charge >= 0.3 is 0 Å². The van der Waals surface area contributed by atoms with E-state index in [1.165, 1.54) is 0 Å². The first-order valence-corrected chi connectivity index (χ1v) is 4.00. The summed E-state index contributed by atoms with van der Waals surface area (Å²) < 4.78 is 0. The number of rotatable bonds is 1. The largest absolute Gasteiger partial charge is 0.389 e. The Hall–Kier alpha value is -1.66. The summed E-state index contributed by atoms with van der Waals surface area (Å²) in [4.78, 5) is 10.3. The van der Waals surface area contributed by atoms with E-state index in [0.29, 0.717) is 11.3 Å². The quantitative estimate of drug-likeness (QED) is 0.405. The molecule has 0 atom stereocenters. The molecule has 0 aliphatic heterocycles. The molecule has 0 heterocycles. The normalized spacial score (nSPS) is 8.31. The third kappa shape index (κ3) is 2.69. The molecule has 0 amide bonds. The number of benzene rings is 1. The minimum absolute atomic E-state index is 0.356. The van der Waals surface area contributed by atoms with Crippen LogP contribution in [0.25, 0.3) is 0 Å². The number of carbonyl (C=O) groups excluding carboxylic acids is 1. The van der Waals surface area contributed by atoms with Crippen molar-refractivity contribution in [1.29, 1.82) is 0 Å². The van der Waals surface area contributed by atoms with Crippen LogP contribution < -0.4 is 5.73 Å². The van der Waals surface area contributed by atoms with Gasteiger partial charge in [-0.25, -0.2) is 0 Å². The van der Waals surface area contributed by atoms with E-state index in [4.69, 9.17) is 18.0 Å². The maximum absolute atomic E-state index is 9.94. The highest BCUT2D eigenvalue weighted by Crippen LogP contribution is 2.02. The Morgan fingerprint density at radius 1 is 1.38 bits per heavy atom. The SMILES string of the molecule is NC(=S)c1ccc(C#CC=O)cc1. The van der Waals surface area contributed by atoms with Gasteiger partial charge in [0.2, 0.25) is 0 Å². The highest BCUT2D eigenvalue weighted by atomic mass is 32.1. The Kier molecular flexibility index (Phi) is 3.18. The third-order valence-corrected chi connectivity index (χ3v) is 1.68. The van der Waals surface area contributed by atoms with Crippen molar-refractivity contribution in [3.05, 3.63) is 35.4 Å². The summed E-state index contributed by atoms with van der Waals surface area (Å²) in [6, 6.07) is 7.09. The van der Waals surface area contributed by atoms with E-state index in [9.17, 15) is 4.79 Å². The molecule has 13 heavy (non-hydrogen) atoms. The monoisotopic (exact) mass is 189 g/mol. The predicted molar refractivity (Wildman–Crippen MR) is 55.3 cm³/mol. The molecule has 0 aromatic heterocycles. The number of thiocarbonyl (C=S) groups is 1. The average Bonchev–Trinajstić information content (AvgIpc) is 2.15. The van der Waals surface area contributed by atoms with Crippen molar-refractivity contribution in [1.82, 2.24) is 0 Å². The second kappa shape index (κ2) is 4.39. The number of hydrogen-bond acceptors (Lipinski definition) is 2. The van der Waals surface area contributed by atoms with E-state index in [1.807, 2.05) is 0 Å². The smallest absolute Gasteiger partial charge is 0.193 e. The van der Waals surface area contributed by atoms with Gasteiger partial charge in [-0.3, -0.25) is 4.79 Å². The summed E-state index contributed by atoms with van der Waals surface area (Å²) in [5.74, 6) is 4.98. The van der Waals surface area contributed by atoms with Crippen molar-refractivity contribution in [2.75, 3.05) is 0 Å². The fourth-order valence-electron chi connectivity index (χ4n) is 0.831. The van der Waals surface area contributed by atoms with Crippen LogP contribution in [0.5, 0.6) is 0 Å². The van der Waals surface area contributed by atoms with E-state index in [2.05, 4.69) is 11.8 Å². The average molecular weight is 189 g/mol. The molecule has 0 unspecified atom stereocenters. The molecule has 0 bridgehead atoms. The molecule has 0 aliphatic rings. The van der Waals surface area contributed by atoms with Gasteiger partial charge in [0.05, 0.1) is 0 Å². The first kappa shape index (κ1) is 9.43. The van der Waals surface area contributed by atoms with Crippen molar-refractivity contribution < 1.29 is 4.79 Å². The van der Waals surface area contributed by atoms with Gasteiger partial charge in [0.1, 0.15) is 4.99 Å². The van der Waals surface area contributed by atoms with Gasteiger partial charge < -0.3 is 5.73 Å². The number of carbonyl (C=O) groups is 1. The molecule has 0 saturated carbocycles. The van der Waals surface area contributed by atoms with Gasteiger partial charge in [-0.2, -0.15) is 0 Å². The number of nitrogens with two attached hydrogens (primary N) is 1. The molecule has 0 fully saturated rings. The zero-order valence-electron chi connectivity index (χ0n) is 6.78. The molecule has 2 N–H and O–H groups in total. The molecule has 2 nitrogen and oxygen atoms in total. The van der Waals surface area contributed by atoms with Gasteiger partial charge in [0.15, 0.2) is 6.29 Å². The summed E-state index contributed by atoms with van der Waals surface area (Å²) in [6.07, 6.45) is 0.557. The Morgan fingerprint density at radius 2 is 2.00 bits per heavy atom. The lowest BCUT2D eigenvalue weighted by Gasteiger charge is -1.96. The fraction of sp³-hybridized carbons (Fsp3) is 0. The molecule has 0 saturated heterocycles. The zero-order chi connectivity index (χ0) is 9.68. The van der Waals surface area contributed by atoms with Gasteiger partial charge in [-0.1, -0.05) is 30.3 Å². The van der Waals surface area contributed by atoms with Gasteiger partial charge in [-0.05, 0) is 18.1 Å². The summed E-state index contributed by atoms with van der Waals surface area (Å²) in [5, 5.41) is 0. The van der Waals surface area contributed by atoms with E-state index < -0.39 is 0 Å². The molecule has 0 radical (unpaired) electrons. The lowest BCUT2D eigenvalue weighted by atomic mass is 10.1. The zero-order valence-corrected chi connectivity index (χ0v) is 7.60. The van der Waals surface area contributed by atoms with Crippen molar-refractivity contribution in [2.24, 2.45) is 5.73 Å². The van der Waals surface area contributed by atoms with E-state index in [-0.39, 0.29) is 0 Å². The number of hydrogen-bond donors (Lipinski definition) is 1. The molecular weight excluding hydrogens is 182 g/mol. The fourth-order valence-corrected chi connectivity index (χ4v) is 0.967. The Morgan fingerprint density at radius 3 is 2.46 bits per heavy atom. The van der Waals surface area contributed by atoms with Crippen LogP contribution >= 0.6 is 12.2 Å². The molecule has 64 valence electrons. The lowest BCUT2D eigenvalue weighted by Crippen LogP contribution is -2.08. The van der Waals surface area contributed by atoms with E-state index in [0.717, 1.165) is 11.1 Å². The lowest BCUT2D eigenvalue weighted by molar-refractivity contribution is -0.103. The minimum Gasteiger partial charge on any atom is -0.389 e. The summed E-state index contributed by atoms with van der Waals surface area (Å²) >= 11 is 4.78. The molecule has 0 spiro atoms. The maximum atomic E-state index is 9.94. The standard InChI is InChI=1S/C10H7NOS/c11-10(13)9-5-3-8(4-6-9)2-1-7-12/h3-7H,(H2,11,13). The van der Waals surface area contributed by atoms with E-state index in [1.54, 1.807) is 24.3 Å². The maximum Gasteiger partial charge on any atom is 0.193 e. The van der Waals surface area contributed by atoms with Crippen LogP contribution in [0.3, 0.4) is 0 Å². The Balaban J connectivity index is 2.93. The minimum atomic E-state index is 0.356. The molecule has 1 aromatic carbocycles. The third-order valence-electron chi connectivity index (χ3n) is 1.44. The molecule has 3 heteroatoms. The van der Waals surface area contributed by atoms with Crippen LogP contribution in [0.2, 0.25) is 0 Å². The van der Waals surface area contributed by atoms with E-state index >= 15 is 0 Å². The van der Waals surface area contributed by atoms with Crippen molar-refractivity contribution in [3.63, 3.8) is 0 Å². The first-order valence-electron chi connectivity index (χ1n) is 3.59. The topological polar surface area (TPSA) is 43.1 Å². The van der Waals surface area contributed by atoms with Crippen LogP contribution in [-0.2, 0) is 4.79 Å². The first-order chi connectivity index (χ1) is 6.24. The molecule has 0 aliphatic carbocycles. The molecular formula is C10H7NOS. The van der Waals surface area contributed by atoms with Crippen molar-refractivity contribution >= 4 is 23.5 Å². The number of aldehydes is 1. The van der Waals surface area contributed by atoms with Crippen LogP contribution in [0.1, 0.15) is 11.1 Å². The second-order valence-electron chi connectivity index (χ2n) is 2.33. The van der Waals surface area contributed by atoms with Crippen LogP contribution in [0, 0.1) is 11.8 Å².